The summed E-state index contributed by atoms with van der Waals surface area (Å²) in [5.41, 5.74) is -0.197. The molecule has 0 radical (unpaired) electrons. The molecule has 0 aromatic carbocycles. The summed E-state index contributed by atoms with van der Waals surface area (Å²) in [6.07, 6.45) is 1.76. The fraction of sp³-hybridized carbons (Fsp3) is 0.923. The van der Waals surface area contributed by atoms with Gasteiger partial charge in [0.25, 0.3) is 0 Å². The van der Waals surface area contributed by atoms with Crippen molar-refractivity contribution >= 4 is 5.97 Å². The molecule has 0 N–H and O–H groups in total. The second-order valence-electron chi connectivity index (χ2n) is 6.31. The first kappa shape index (κ1) is 12.4. The lowest BCUT2D eigenvalue weighted by Gasteiger charge is -2.31. The minimum Gasteiger partial charge on any atom is -0.465 e. The Morgan fingerprint density at radius 3 is 2.83 bits per heavy atom. The Bertz CT molecular complexity index is 351. The summed E-state index contributed by atoms with van der Waals surface area (Å²) >= 11 is 0. The Balaban J connectivity index is 1.79. The van der Waals surface area contributed by atoms with Crippen molar-refractivity contribution in [3.05, 3.63) is 0 Å². The molecule has 3 heterocycles. The molecule has 0 bridgehead atoms. The van der Waals surface area contributed by atoms with E-state index in [1.54, 1.807) is 0 Å². The highest BCUT2D eigenvalue weighted by atomic mass is 16.7. The summed E-state index contributed by atoms with van der Waals surface area (Å²) in [4.78, 5) is 17.8. The van der Waals surface area contributed by atoms with Crippen molar-refractivity contribution in [2.75, 3.05) is 13.2 Å². The van der Waals surface area contributed by atoms with Crippen molar-refractivity contribution in [1.82, 2.24) is 5.06 Å². The van der Waals surface area contributed by atoms with Crippen LogP contribution in [0, 0.1) is 5.92 Å². The van der Waals surface area contributed by atoms with Gasteiger partial charge in [-0.15, -0.1) is 0 Å². The molecule has 0 aromatic rings. The molecule has 0 saturated carbocycles. The zero-order valence-electron chi connectivity index (χ0n) is 11.2. The standard InChI is InChI=1S/C13H21NO4/c1-13(2,3)17-9-4-6-14-11(9)10-8(18-14)5-7-16-12(10)15/h8-11H,4-7H2,1-3H3/t8-,9-,10+,11-/m0/s1. The third-order valence-corrected chi connectivity index (χ3v) is 3.81. The van der Waals surface area contributed by atoms with Gasteiger partial charge >= 0.3 is 5.97 Å². The first-order valence-corrected chi connectivity index (χ1v) is 6.73. The maximum Gasteiger partial charge on any atom is 0.313 e. The molecular formula is C13H21NO4. The number of hydroxylamine groups is 2. The van der Waals surface area contributed by atoms with Crippen LogP contribution in [0.4, 0.5) is 0 Å². The number of ether oxygens (including phenoxy) is 2. The van der Waals surface area contributed by atoms with Gasteiger partial charge in [-0.05, 0) is 27.2 Å². The smallest absolute Gasteiger partial charge is 0.313 e. The Labute approximate surface area is 107 Å². The Morgan fingerprint density at radius 1 is 1.33 bits per heavy atom. The average molecular weight is 255 g/mol. The van der Waals surface area contributed by atoms with E-state index in [0.29, 0.717) is 6.61 Å². The summed E-state index contributed by atoms with van der Waals surface area (Å²) in [5, 5.41) is 1.94. The van der Waals surface area contributed by atoms with Crippen LogP contribution in [-0.2, 0) is 19.1 Å². The molecule has 3 aliphatic rings. The van der Waals surface area contributed by atoms with Crippen LogP contribution >= 0.6 is 0 Å². The second-order valence-corrected chi connectivity index (χ2v) is 6.31. The SMILES string of the molecule is CC(C)(C)O[C@H]1CCN2O[C@H]3CCOC(=O)[C@H]3[C@H]12. The topological polar surface area (TPSA) is 48.0 Å². The Hall–Kier alpha value is -0.650. The fourth-order valence-electron chi connectivity index (χ4n) is 3.23. The number of hydrogen-bond donors (Lipinski definition) is 0. The Morgan fingerprint density at radius 2 is 2.11 bits per heavy atom. The van der Waals surface area contributed by atoms with Gasteiger partial charge in [-0.2, -0.15) is 5.06 Å². The highest BCUT2D eigenvalue weighted by Gasteiger charge is 2.56. The van der Waals surface area contributed by atoms with E-state index < -0.39 is 0 Å². The number of fused-ring (bicyclic) bond motifs is 3. The molecular weight excluding hydrogens is 234 g/mol. The zero-order chi connectivity index (χ0) is 12.9. The molecule has 102 valence electrons. The van der Waals surface area contributed by atoms with E-state index in [2.05, 4.69) is 0 Å². The van der Waals surface area contributed by atoms with Crippen LogP contribution in [0.2, 0.25) is 0 Å². The van der Waals surface area contributed by atoms with E-state index in [1.165, 1.54) is 0 Å². The minimum atomic E-state index is -0.197. The van der Waals surface area contributed by atoms with Gasteiger partial charge in [0.1, 0.15) is 5.92 Å². The van der Waals surface area contributed by atoms with Gasteiger partial charge < -0.3 is 9.47 Å². The van der Waals surface area contributed by atoms with E-state index in [9.17, 15) is 4.79 Å². The van der Waals surface area contributed by atoms with E-state index in [-0.39, 0.29) is 35.7 Å². The third kappa shape index (κ3) is 2.04. The summed E-state index contributed by atoms with van der Waals surface area (Å²) in [7, 11) is 0. The molecule has 5 heteroatoms. The molecule has 0 amide bonds. The molecule has 5 nitrogen and oxygen atoms in total. The predicted octanol–water partition coefficient (Wildman–Crippen LogP) is 1.12. The normalized spacial score (nSPS) is 40.5. The molecule has 3 rings (SSSR count). The molecule has 3 saturated heterocycles. The van der Waals surface area contributed by atoms with Crippen LogP contribution in [0.5, 0.6) is 0 Å². The first-order chi connectivity index (χ1) is 8.46. The van der Waals surface area contributed by atoms with Crippen LogP contribution in [0.25, 0.3) is 0 Å². The van der Waals surface area contributed by atoms with Gasteiger partial charge in [-0.3, -0.25) is 9.63 Å². The molecule has 3 fully saturated rings. The lowest BCUT2D eigenvalue weighted by Crippen LogP contribution is -2.45. The zero-order valence-corrected chi connectivity index (χ0v) is 11.2. The van der Waals surface area contributed by atoms with Crippen molar-refractivity contribution in [2.24, 2.45) is 5.92 Å². The summed E-state index contributed by atoms with van der Waals surface area (Å²) in [5.74, 6) is -0.295. The van der Waals surface area contributed by atoms with Crippen molar-refractivity contribution < 1.29 is 19.1 Å². The molecule has 0 aliphatic carbocycles. The van der Waals surface area contributed by atoms with E-state index in [0.717, 1.165) is 19.4 Å². The van der Waals surface area contributed by atoms with Gasteiger partial charge in [0.05, 0.1) is 30.5 Å². The summed E-state index contributed by atoms with van der Waals surface area (Å²) < 4.78 is 11.3. The van der Waals surface area contributed by atoms with Crippen molar-refractivity contribution in [3.8, 4) is 0 Å². The second kappa shape index (κ2) is 4.18. The maximum atomic E-state index is 11.9. The maximum absolute atomic E-state index is 11.9. The largest absolute Gasteiger partial charge is 0.465 e. The quantitative estimate of drug-likeness (QED) is 0.657. The molecule has 0 aromatic heterocycles. The number of nitrogens with zero attached hydrogens (tertiary/aromatic N) is 1. The molecule has 3 aliphatic heterocycles. The number of carbonyl (C=O) groups excluding carboxylic acids is 1. The number of esters is 1. The van der Waals surface area contributed by atoms with Crippen molar-refractivity contribution in [2.45, 2.75) is 57.5 Å². The van der Waals surface area contributed by atoms with Crippen molar-refractivity contribution in [3.63, 3.8) is 0 Å². The molecule has 0 spiro atoms. The fourth-order valence-corrected chi connectivity index (χ4v) is 3.23. The van der Waals surface area contributed by atoms with Crippen LogP contribution in [0.1, 0.15) is 33.6 Å². The highest BCUT2D eigenvalue weighted by molar-refractivity contribution is 5.75. The van der Waals surface area contributed by atoms with Crippen LogP contribution in [0.15, 0.2) is 0 Å². The lowest BCUT2D eigenvalue weighted by atomic mass is 9.89. The number of rotatable bonds is 1. The van der Waals surface area contributed by atoms with Crippen LogP contribution < -0.4 is 0 Å². The van der Waals surface area contributed by atoms with E-state index in [1.807, 2.05) is 25.8 Å². The highest BCUT2D eigenvalue weighted by Crippen LogP contribution is 2.41. The van der Waals surface area contributed by atoms with Crippen molar-refractivity contribution in [1.29, 1.82) is 0 Å². The predicted molar refractivity (Wildman–Crippen MR) is 63.7 cm³/mol. The summed E-state index contributed by atoms with van der Waals surface area (Å²) in [6, 6.07) is 0.0297. The van der Waals surface area contributed by atoms with Gasteiger partial charge in [0.2, 0.25) is 0 Å². The Kier molecular flexibility index (Phi) is 2.88. The number of hydrogen-bond acceptors (Lipinski definition) is 5. The van der Waals surface area contributed by atoms with Gasteiger partial charge in [0, 0.05) is 13.0 Å². The van der Waals surface area contributed by atoms with E-state index in [4.69, 9.17) is 14.3 Å². The molecule has 4 atom stereocenters. The van der Waals surface area contributed by atoms with Gasteiger partial charge in [0.15, 0.2) is 0 Å². The van der Waals surface area contributed by atoms with Gasteiger partial charge in [-0.25, -0.2) is 0 Å². The average Bonchev–Trinajstić information content (AvgIpc) is 2.77. The molecule has 0 unspecified atom stereocenters. The summed E-state index contributed by atoms with van der Waals surface area (Å²) in [6.45, 7) is 7.45. The molecule has 18 heavy (non-hydrogen) atoms. The lowest BCUT2D eigenvalue weighted by molar-refractivity contribution is -0.171. The number of carbonyl (C=O) groups is 1. The third-order valence-electron chi connectivity index (χ3n) is 3.81. The monoisotopic (exact) mass is 255 g/mol. The first-order valence-electron chi connectivity index (χ1n) is 6.73. The van der Waals surface area contributed by atoms with Crippen LogP contribution in [0.3, 0.4) is 0 Å². The van der Waals surface area contributed by atoms with Gasteiger partial charge in [-0.1, -0.05) is 0 Å². The van der Waals surface area contributed by atoms with E-state index >= 15 is 0 Å². The minimum absolute atomic E-state index is 0.0115. The number of cyclic esters (lactones) is 1. The van der Waals surface area contributed by atoms with Crippen LogP contribution in [-0.4, -0.2) is 48.0 Å².